The van der Waals surface area contributed by atoms with Gasteiger partial charge in [0.25, 0.3) is 5.91 Å². The van der Waals surface area contributed by atoms with E-state index >= 15 is 0 Å². The fourth-order valence-corrected chi connectivity index (χ4v) is 5.04. The first-order chi connectivity index (χ1) is 24.8. The number of benzene rings is 3. The molecule has 0 radical (unpaired) electrons. The summed E-state index contributed by atoms with van der Waals surface area (Å²) in [5, 5.41) is 23.3. The van der Waals surface area contributed by atoms with Crippen LogP contribution in [0.1, 0.15) is 62.3 Å². The SMILES string of the molecule is COc1ccc(/C=C(\C#N)C(=O)NCCC(=O)N[C@@H](CCC(=O)NC(C)(C)C)C(=O)N[C@@H](Cc2ccccc2)C(=O)NCc2ccc(C)cc2)cc1. The van der Waals surface area contributed by atoms with Crippen molar-refractivity contribution in [3.8, 4) is 11.8 Å². The molecule has 52 heavy (non-hydrogen) atoms. The van der Waals surface area contributed by atoms with E-state index < -0.39 is 41.3 Å². The molecule has 5 amide bonds. The van der Waals surface area contributed by atoms with Gasteiger partial charge in [-0.3, -0.25) is 24.0 Å². The first-order valence-corrected chi connectivity index (χ1v) is 17.1. The number of aryl methyl sites for hydroxylation is 1. The van der Waals surface area contributed by atoms with E-state index in [1.807, 2.05) is 88.4 Å². The second kappa shape index (κ2) is 20.0. The van der Waals surface area contributed by atoms with Crippen molar-refractivity contribution in [3.63, 3.8) is 0 Å². The first-order valence-electron chi connectivity index (χ1n) is 17.1. The largest absolute Gasteiger partial charge is 0.497 e. The van der Waals surface area contributed by atoms with Gasteiger partial charge in [-0.15, -0.1) is 0 Å². The van der Waals surface area contributed by atoms with Crippen LogP contribution in [0.3, 0.4) is 0 Å². The molecule has 3 aromatic rings. The lowest BCUT2D eigenvalue weighted by atomic mass is 10.0. The van der Waals surface area contributed by atoms with E-state index in [9.17, 15) is 29.2 Å². The molecule has 12 nitrogen and oxygen atoms in total. The third-order valence-electron chi connectivity index (χ3n) is 7.76. The number of nitrogens with zero attached hydrogens (tertiary/aromatic N) is 1. The molecular formula is C40H48N6O6. The van der Waals surface area contributed by atoms with Gasteiger partial charge in [0.15, 0.2) is 0 Å². The molecule has 0 bridgehead atoms. The average molecular weight is 709 g/mol. The molecular weight excluding hydrogens is 660 g/mol. The normalized spacial score (nSPS) is 12.3. The van der Waals surface area contributed by atoms with Gasteiger partial charge in [0, 0.05) is 37.9 Å². The zero-order chi connectivity index (χ0) is 38.1. The fourth-order valence-electron chi connectivity index (χ4n) is 5.04. The summed E-state index contributed by atoms with van der Waals surface area (Å²) in [5.74, 6) is -1.97. The van der Waals surface area contributed by atoms with Gasteiger partial charge < -0.3 is 31.3 Å². The first kappa shape index (κ1) is 40.5. The van der Waals surface area contributed by atoms with E-state index in [-0.39, 0.29) is 50.3 Å². The van der Waals surface area contributed by atoms with Crippen molar-refractivity contribution < 1.29 is 28.7 Å². The molecule has 0 unspecified atom stereocenters. The highest BCUT2D eigenvalue weighted by Crippen LogP contribution is 2.14. The Morgan fingerprint density at radius 3 is 2.08 bits per heavy atom. The number of amides is 5. The zero-order valence-corrected chi connectivity index (χ0v) is 30.4. The molecule has 3 aromatic carbocycles. The number of nitriles is 1. The van der Waals surface area contributed by atoms with E-state index in [1.165, 1.54) is 13.2 Å². The quantitative estimate of drug-likeness (QED) is 0.105. The molecule has 0 fully saturated rings. The molecule has 274 valence electrons. The van der Waals surface area contributed by atoms with Crippen LogP contribution in [0.25, 0.3) is 6.08 Å². The Morgan fingerprint density at radius 2 is 1.46 bits per heavy atom. The predicted molar refractivity (Wildman–Crippen MR) is 198 cm³/mol. The van der Waals surface area contributed by atoms with Gasteiger partial charge in [-0.1, -0.05) is 72.3 Å². The maximum atomic E-state index is 13.8. The van der Waals surface area contributed by atoms with E-state index in [0.29, 0.717) is 11.3 Å². The third-order valence-corrected chi connectivity index (χ3v) is 7.76. The summed E-state index contributed by atoms with van der Waals surface area (Å²) in [7, 11) is 1.53. The molecule has 5 N–H and O–H groups in total. The highest BCUT2D eigenvalue weighted by atomic mass is 16.5. The molecule has 0 aromatic heterocycles. The van der Waals surface area contributed by atoms with Crippen molar-refractivity contribution >= 4 is 35.6 Å². The summed E-state index contributed by atoms with van der Waals surface area (Å²) in [6.07, 6.45) is 1.28. The number of methoxy groups -OCH3 is 1. The molecule has 12 heteroatoms. The number of nitrogens with one attached hydrogen (secondary N) is 5. The molecule has 0 aliphatic heterocycles. The van der Waals surface area contributed by atoms with Gasteiger partial charge in [-0.25, -0.2) is 0 Å². The van der Waals surface area contributed by atoms with E-state index in [0.717, 1.165) is 16.7 Å². The Balaban J connectivity index is 1.70. The molecule has 0 heterocycles. The van der Waals surface area contributed by atoms with Crippen molar-refractivity contribution in [3.05, 3.63) is 107 Å². The van der Waals surface area contributed by atoms with E-state index in [2.05, 4.69) is 26.6 Å². The number of hydrogen-bond donors (Lipinski definition) is 5. The lowest BCUT2D eigenvalue weighted by molar-refractivity contribution is -0.133. The highest BCUT2D eigenvalue weighted by molar-refractivity contribution is 6.02. The minimum atomic E-state index is -1.17. The lowest BCUT2D eigenvalue weighted by Gasteiger charge is -2.24. The van der Waals surface area contributed by atoms with Gasteiger partial charge in [-0.2, -0.15) is 5.26 Å². The van der Waals surface area contributed by atoms with Gasteiger partial charge in [0.2, 0.25) is 23.6 Å². The van der Waals surface area contributed by atoms with Crippen molar-refractivity contribution in [2.45, 2.75) is 77.5 Å². The lowest BCUT2D eigenvalue weighted by Crippen LogP contribution is -2.54. The van der Waals surface area contributed by atoms with Crippen LogP contribution in [0.5, 0.6) is 5.75 Å². The van der Waals surface area contributed by atoms with Crippen LogP contribution in [-0.4, -0.2) is 60.8 Å². The average Bonchev–Trinajstić information content (AvgIpc) is 3.11. The maximum absolute atomic E-state index is 13.8. The van der Waals surface area contributed by atoms with Crippen molar-refractivity contribution in [2.75, 3.05) is 13.7 Å². The Bertz CT molecular complexity index is 1740. The van der Waals surface area contributed by atoms with E-state index in [1.54, 1.807) is 24.3 Å². The fraction of sp³-hybridized carbons (Fsp3) is 0.350. The van der Waals surface area contributed by atoms with Crippen LogP contribution in [0.4, 0.5) is 0 Å². The van der Waals surface area contributed by atoms with Crippen LogP contribution < -0.4 is 31.3 Å². The second-order valence-corrected chi connectivity index (χ2v) is 13.4. The molecule has 2 atom stereocenters. The summed E-state index contributed by atoms with van der Waals surface area (Å²) >= 11 is 0. The van der Waals surface area contributed by atoms with Crippen LogP contribution in [0.15, 0.2) is 84.4 Å². The number of rotatable bonds is 17. The third kappa shape index (κ3) is 14.5. The standard InChI is InChI=1S/C40H48N6O6/c1-27-11-13-30(14-12-27)26-43-38(50)34(24-28-9-7-6-8-10-28)45-39(51)33(19-20-36(48)46-40(2,3)4)44-35(47)21-22-42-37(49)31(25-41)23-29-15-17-32(52-5)18-16-29/h6-18,23,33-34H,19-22,24,26H2,1-5H3,(H,42,49)(H,43,50)(H,44,47)(H,45,51)(H,46,48)/b31-23+/t33-,34-/m0/s1. The molecule has 0 saturated heterocycles. The van der Waals surface area contributed by atoms with Crippen LogP contribution >= 0.6 is 0 Å². The number of carbonyl (C=O) groups is 5. The smallest absolute Gasteiger partial charge is 0.261 e. The van der Waals surface area contributed by atoms with Crippen LogP contribution in [0, 0.1) is 18.3 Å². The van der Waals surface area contributed by atoms with Crippen molar-refractivity contribution in [2.24, 2.45) is 0 Å². The highest BCUT2D eigenvalue weighted by Gasteiger charge is 2.28. The molecule has 0 aliphatic carbocycles. The van der Waals surface area contributed by atoms with Crippen LogP contribution in [-0.2, 0) is 36.9 Å². The predicted octanol–water partition coefficient (Wildman–Crippen LogP) is 3.64. The maximum Gasteiger partial charge on any atom is 0.261 e. The Kier molecular flexibility index (Phi) is 15.6. The van der Waals surface area contributed by atoms with Gasteiger partial charge in [0.05, 0.1) is 7.11 Å². The summed E-state index contributed by atoms with van der Waals surface area (Å²) in [4.78, 5) is 65.7. The number of carbonyl (C=O) groups excluding carboxylic acids is 5. The zero-order valence-electron chi connectivity index (χ0n) is 30.4. The van der Waals surface area contributed by atoms with E-state index in [4.69, 9.17) is 4.74 Å². The van der Waals surface area contributed by atoms with Crippen LogP contribution in [0.2, 0.25) is 0 Å². The van der Waals surface area contributed by atoms with Crippen molar-refractivity contribution in [1.29, 1.82) is 5.26 Å². The van der Waals surface area contributed by atoms with Gasteiger partial charge in [0.1, 0.15) is 29.5 Å². The number of ether oxygens (including phenoxy) is 1. The molecule has 0 spiro atoms. The summed E-state index contributed by atoms with van der Waals surface area (Å²) in [6.45, 7) is 7.60. The monoisotopic (exact) mass is 708 g/mol. The number of hydrogen-bond acceptors (Lipinski definition) is 7. The Hall–Kier alpha value is -5.96. The topological polar surface area (TPSA) is 179 Å². The van der Waals surface area contributed by atoms with Gasteiger partial charge >= 0.3 is 0 Å². The molecule has 0 saturated carbocycles. The Morgan fingerprint density at radius 1 is 0.788 bits per heavy atom. The molecule has 3 rings (SSSR count). The second-order valence-electron chi connectivity index (χ2n) is 13.4. The summed E-state index contributed by atoms with van der Waals surface area (Å²) in [5.41, 5.74) is 2.75. The van der Waals surface area contributed by atoms with Crippen molar-refractivity contribution in [1.82, 2.24) is 26.6 Å². The summed E-state index contributed by atoms with van der Waals surface area (Å²) in [6, 6.07) is 23.4. The Labute approximate surface area is 305 Å². The molecule has 0 aliphatic rings. The summed E-state index contributed by atoms with van der Waals surface area (Å²) < 4.78 is 5.13. The minimum Gasteiger partial charge on any atom is -0.497 e. The van der Waals surface area contributed by atoms with Gasteiger partial charge in [-0.05, 0) is 69.0 Å². The minimum absolute atomic E-state index is 0.0436.